The third-order valence-corrected chi connectivity index (χ3v) is 3.51. The second-order valence-electron chi connectivity index (χ2n) is 4.92. The summed E-state index contributed by atoms with van der Waals surface area (Å²) >= 11 is 0. The first kappa shape index (κ1) is 13.7. The largest absolute Gasteiger partial charge is 0.506 e. The van der Waals surface area contributed by atoms with Crippen LogP contribution in [0.2, 0.25) is 0 Å². The van der Waals surface area contributed by atoms with E-state index in [0.29, 0.717) is 17.4 Å². The third kappa shape index (κ3) is 3.17. The highest BCUT2D eigenvalue weighted by atomic mass is 16.5. The number of carbonyl (C=O) groups excluding carboxylic acids is 1. The summed E-state index contributed by atoms with van der Waals surface area (Å²) in [4.78, 5) is 12.2. The Hall–Kier alpha value is -1.75. The zero-order chi connectivity index (χ0) is 13.8. The van der Waals surface area contributed by atoms with Gasteiger partial charge in [-0.15, -0.1) is 0 Å². The number of ether oxygens (including phenoxy) is 1. The van der Waals surface area contributed by atoms with E-state index in [1.54, 1.807) is 19.2 Å². The Morgan fingerprint density at radius 3 is 3.00 bits per heavy atom. The van der Waals surface area contributed by atoms with Crippen molar-refractivity contribution >= 4 is 11.6 Å². The second-order valence-corrected chi connectivity index (χ2v) is 4.92. The number of hydrogen-bond acceptors (Lipinski definition) is 4. The van der Waals surface area contributed by atoms with E-state index < -0.39 is 0 Å². The van der Waals surface area contributed by atoms with E-state index in [1.807, 2.05) is 0 Å². The number of hydrogen-bond donors (Lipinski definition) is 3. The quantitative estimate of drug-likeness (QED) is 0.727. The zero-order valence-corrected chi connectivity index (χ0v) is 11.3. The minimum Gasteiger partial charge on any atom is -0.506 e. The van der Waals surface area contributed by atoms with Gasteiger partial charge in [0.25, 0.3) is 0 Å². The van der Waals surface area contributed by atoms with Gasteiger partial charge in [-0.3, -0.25) is 4.79 Å². The molecule has 2 rings (SSSR count). The van der Waals surface area contributed by atoms with E-state index >= 15 is 0 Å². The lowest BCUT2D eigenvalue weighted by Crippen LogP contribution is -2.48. The molecule has 0 spiro atoms. The zero-order valence-electron chi connectivity index (χ0n) is 11.3. The number of carbonyl (C=O) groups is 1. The van der Waals surface area contributed by atoms with E-state index in [9.17, 15) is 9.90 Å². The van der Waals surface area contributed by atoms with Crippen molar-refractivity contribution in [2.75, 3.05) is 19.0 Å². The Bertz CT molecular complexity index is 462. The first-order valence-electron chi connectivity index (χ1n) is 6.53. The van der Waals surface area contributed by atoms with Gasteiger partial charge < -0.3 is 20.5 Å². The van der Waals surface area contributed by atoms with Crippen LogP contribution in [0.4, 0.5) is 5.69 Å². The van der Waals surface area contributed by atoms with E-state index in [2.05, 4.69) is 17.6 Å². The van der Waals surface area contributed by atoms with Crippen LogP contribution in [-0.4, -0.2) is 30.7 Å². The van der Waals surface area contributed by atoms with E-state index in [1.165, 1.54) is 6.07 Å². The van der Waals surface area contributed by atoms with Crippen molar-refractivity contribution in [3.8, 4) is 11.5 Å². The number of amides is 1. The number of rotatable bonds is 3. The summed E-state index contributed by atoms with van der Waals surface area (Å²) in [6, 6.07) is 4.55. The molecule has 1 amide bonds. The van der Waals surface area contributed by atoms with Crippen LogP contribution < -0.4 is 15.4 Å². The number of phenolic OH excluding ortho intramolecular Hbond substituents is 1. The normalized spacial score (nSPS) is 22.8. The molecule has 0 aliphatic carbocycles. The summed E-state index contributed by atoms with van der Waals surface area (Å²) < 4.78 is 5.08. The molecule has 1 heterocycles. The Labute approximate surface area is 113 Å². The summed E-state index contributed by atoms with van der Waals surface area (Å²) in [7, 11) is 1.54. The van der Waals surface area contributed by atoms with Crippen molar-refractivity contribution < 1.29 is 14.6 Å². The summed E-state index contributed by atoms with van der Waals surface area (Å²) in [6.45, 7) is 2.91. The molecule has 1 aromatic rings. The molecular weight excluding hydrogens is 244 g/mol. The van der Waals surface area contributed by atoms with Crippen molar-refractivity contribution in [3.05, 3.63) is 18.2 Å². The Morgan fingerprint density at radius 1 is 1.53 bits per heavy atom. The van der Waals surface area contributed by atoms with Crippen molar-refractivity contribution in [2.24, 2.45) is 5.92 Å². The molecule has 1 fully saturated rings. The van der Waals surface area contributed by atoms with Crippen LogP contribution >= 0.6 is 0 Å². The van der Waals surface area contributed by atoms with Crippen LogP contribution in [0.15, 0.2) is 18.2 Å². The summed E-state index contributed by atoms with van der Waals surface area (Å²) in [5.74, 6) is 0.813. The van der Waals surface area contributed by atoms with Crippen LogP contribution in [0.1, 0.15) is 19.8 Å². The number of phenols is 1. The number of methoxy groups -OCH3 is 1. The van der Waals surface area contributed by atoms with Crippen LogP contribution in [0.5, 0.6) is 11.5 Å². The fraction of sp³-hybridized carbons (Fsp3) is 0.500. The Balaban J connectivity index is 2.09. The van der Waals surface area contributed by atoms with Gasteiger partial charge in [0.1, 0.15) is 11.5 Å². The molecular formula is C14H20N2O3. The van der Waals surface area contributed by atoms with Gasteiger partial charge in [-0.05, 0) is 37.4 Å². The SMILES string of the molecule is COc1ccc(O)c(NC(=O)C2NCCCC2C)c1. The lowest BCUT2D eigenvalue weighted by molar-refractivity contribution is -0.119. The van der Waals surface area contributed by atoms with Gasteiger partial charge in [-0.2, -0.15) is 0 Å². The third-order valence-electron chi connectivity index (χ3n) is 3.51. The van der Waals surface area contributed by atoms with Crippen molar-refractivity contribution in [2.45, 2.75) is 25.8 Å². The van der Waals surface area contributed by atoms with Gasteiger partial charge in [0.05, 0.1) is 18.8 Å². The standard InChI is InChI=1S/C14H20N2O3/c1-9-4-3-7-15-13(9)14(18)16-11-8-10(19-2)5-6-12(11)17/h5-6,8-9,13,15,17H,3-4,7H2,1-2H3,(H,16,18). The minimum absolute atomic E-state index is 0.0395. The fourth-order valence-electron chi connectivity index (χ4n) is 2.35. The molecule has 2 unspecified atom stereocenters. The van der Waals surface area contributed by atoms with Crippen LogP contribution in [-0.2, 0) is 4.79 Å². The fourth-order valence-corrected chi connectivity index (χ4v) is 2.35. The number of piperidine rings is 1. The maximum Gasteiger partial charge on any atom is 0.241 e. The molecule has 5 heteroatoms. The van der Waals surface area contributed by atoms with E-state index in [4.69, 9.17) is 4.74 Å². The molecule has 3 N–H and O–H groups in total. The molecule has 19 heavy (non-hydrogen) atoms. The molecule has 1 saturated heterocycles. The Kier molecular flexibility index (Phi) is 4.27. The van der Waals surface area contributed by atoms with Gasteiger partial charge in [0, 0.05) is 6.07 Å². The molecule has 0 bridgehead atoms. The van der Waals surface area contributed by atoms with Gasteiger partial charge in [-0.1, -0.05) is 6.92 Å². The van der Waals surface area contributed by atoms with Crippen molar-refractivity contribution in [3.63, 3.8) is 0 Å². The number of nitrogens with one attached hydrogen (secondary N) is 2. The highest BCUT2D eigenvalue weighted by Crippen LogP contribution is 2.28. The lowest BCUT2D eigenvalue weighted by Gasteiger charge is -2.29. The monoisotopic (exact) mass is 264 g/mol. The molecule has 0 radical (unpaired) electrons. The average Bonchev–Trinajstić information content (AvgIpc) is 2.41. The molecule has 5 nitrogen and oxygen atoms in total. The molecule has 2 atom stereocenters. The van der Waals surface area contributed by atoms with Crippen molar-refractivity contribution in [1.82, 2.24) is 5.32 Å². The van der Waals surface area contributed by atoms with Crippen LogP contribution in [0.25, 0.3) is 0 Å². The highest BCUT2D eigenvalue weighted by Gasteiger charge is 2.27. The second kappa shape index (κ2) is 5.93. The summed E-state index contributed by atoms with van der Waals surface area (Å²) in [5, 5.41) is 15.7. The summed E-state index contributed by atoms with van der Waals surface area (Å²) in [6.07, 6.45) is 2.13. The molecule has 0 saturated carbocycles. The van der Waals surface area contributed by atoms with Crippen molar-refractivity contribution in [1.29, 1.82) is 0 Å². The Morgan fingerprint density at radius 2 is 2.32 bits per heavy atom. The molecule has 0 aromatic heterocycles. The number of aromatic hydroxyl groups is 1. The van der Waals surface area contributed by atoms with E-state index in [-0.39, 0.29) is 17.7 Å². The highest BCUT2D eigenvalue weighted by molar-refractivity contribution is 5.96. The molecule has 1 aliphatic rings. The smallest absolute Gasteiger partial charge is 0.241 e. The number of benzene rings is 1. The topological polar surface area (TPSA) is 70.6 Å². The lowest BCUT2D eigenvalue weighted by atomic mass is 9.92. The van der Waals surface area contributed by atoms with Gasteiger partial charge in [0.15, 0.2) is 0 Å². The van der Waals surface area contributed by atoms with E-state index in [0.717, 1.165) is 19.4 Å². The minimum atomic E-state index is -0.209. The first-order chi connectivity index (χ1) is 9.11. The summed E-state index contributed by atoms with van der Waals surface area (Å²) in [5.41, 5.74) is 0.379. The molecule has 104 valence electrons. The predicted molar refractivity (Wildman–Crippen MR) is 73.5 cm³/mol. The van der Waals surface area contributed by atoms with Gasteiger partial charge in [-0.25, -0.2) is 0 Å². The molecule has 1 aliphatic heterocycles. The predicted octanol–water partition coefficient (Wildman–Crippen LogP) is 1.73. The van der Waals surface area contributed by atoms with Crippen LogP contribution in [0.3, 0.4) is 0 Å². The average molecular weight is 264 g/mol. The maximum absolute atomic E-state index is 12.2. The first-order valence-corrected chi connectivity index (χ1v) is 6.53. The number of anilines is 1. The van der Waals surface area contributed by atoms with Gasteiger partial charge in [0.2, 0.25) is 5.91 Å². The maximum atomic E-state index is 12.2. The van der Waals surface area contributed by atoms with Crippen LogP contribution in [0, 0.1) is 5.92 Å². The molecule has 1 aromatic carbocycles. The van der Waals surface area contributed by atoms with Gasteiger partial charge >= 0.3 is 0 Å².